The smallest absolute Gasteiger partial charge is 0.192 e. The third kappa shape index (κ3) is 3.27. The number of aliphatic hydroxyl groups is 1. The molecule has 0 aromatic heterocycles. The Hall–Kier alpha value is -0.453. The van der Waals surface area contributed by atoms with Crippen LogP contribution in [-0.2, 0) is 9.22 Å². The second-order valence-electron chi connectivity index (χ2n) is 6.35. The summed E-state index contributed by atoms with van der Waals surface area (Å²) >= 11 is 0. The average molecular weight is 256 g/mol. The van der Waals surface area contributed by atoms with Crippen molar-refractivity contribution in [3.05, 3.63) is 11.6 Å². The van der Waals surface area contributed by atoms with Gasteiger partial charge in [-0.2, -0.15) is 0 Å². The average Bonchev–Trinajstić information content (AvgIpc) is 2.42. The molecule has 1 rings (SSSR count). The van der Waals surface area contributed by atoms with Gasteiger partial charge >= 0.3 is 0 Å². The molecular weight excluding hydrogens is 232 g/mol. The molecule has 3 nitrogen and oxygen atoms in total. The monoisotopic (exact) mass is 256 g/mol. The van der Waals surface area contributed by atoms with Crippen LogP contribution in [0.4, 0.5) is 0 Å². The first-order valence-electron chi connectivity index (χ1n) is 6.15. The van der Waals surface area contributed by atoms with Crippen LogP contribution in [0.2, 0.25) is 18.1 Å². The van der Waals surface area contributed by atoms with Crippen molar-refractivity contribution in [1.82, 2.24) is 0 Å². The molecule has 0 fully saturated rings. The predicted molar refractivity (Wildman–Crippen MR) is 71.5 cm³/mol. The van der Waals surface area contributed by atoms with Crippen LogP contribution < -0.4 is 0 Å². The lowest BCUT2D eigenvalue weighted by atomic mass is 10.1. The lowest BCUT2D eigenvalue weighted by molar-refractivity contribution is -0.114. The molecule has 0 radical (unpaired) electrons. The molecule has 0 spiro atoms. The van der Waals surface area contributed by atoms with Crippen LogP contribution >= 0.6 is 0 Å². The maximum atomic E-state index is 11.3. The fraction of sp³-hybridized carbons (Fsp3) is 0.769. The SMILES string of the molecule is C[C@H](O[Si](C)(C)C(C)(C)C)C1=CC(=O)C[C@H]1O. The van der Waals surface area contributed by atoms with Gasteiger partial charge in [0.05, 0.1) is 12.2 Å². The molecule has 1 N–H and O–H groups in total. The second kappa shape index (κ2) is 4.67. The van der Waals surface area contributed by atoms with E-state index in [0.29, 0.717) is 0 Å². The summed E-state index contributed by atoms with van der Waals surface area (Å²) in [6, 6.07) is 0. The first kappa shape index (κ1) is 14.6. The summed E-state index contributed by atoms with van der Waals surface area (Å²) < 4.78 is 6.16. The minimum absolute atomic E-state index is 0.00168. The van der Waals surface area contributed by atoms with Crippen LogP contribution in [0.25, 0.3) is 0 Å². The van der Waals surface area contributed by atoms with Crippen molar-refractivity contribution < 1.29 is 14.3 Å². The van der Waals surface area contributed by atoms with Gasteiger partial charge in [0, 0.05) is 6.42 Å². The maximum absolute atomic E-state index is 11.3. The highest BCUT2D eigenvalue weighted by Crippen LogP contribution is 2.38. The summed E-state index contributed by atoms with van der Waals surface area (Å²) in [7, 11) is -1.85. The zero-order chi connectivity index (χ0) is 13.4. The Morgan fingerprint density at radius 3 is 2.35 bits per heavy atom. The molecule has 1 aliphatic carbocycles. The van der Waals surface area contributed by atoms with Crippen molar-refractivity contribution in [2.75, 3.05) is 0 Å². The molecule has 17 heavy (non-hydrogen) atoms. The third-order valence-electron chi connectivity index (χ3n) is 3.85. The molecule has 0 unspecified atom stereocenters. The van der Waals surface area contributed by atoms with Gasteiger partial charge in [-0.25, -0.2) is 0 Å². The highest BCUT2D eigenvalue weighted by molar-refractivity contribution is 6.74. The van der Waals surface area contributed by atoms with Gasteiger partial charge in [-0.3, -0.25) is 4.79 Å². The number of rotatable bonds is 3. The van der Waals surface area contributed by atoms with E-state index in [4.69, 9.17) is 4.43 Å². The highest BCUT2D eigenvalue weighted by atomic mass is 28.4. The molecule has 2 atom stereocenters. The molecular formula is C13H24O3Si. The van der Waals surface area contributed by atoms with E-state index in [9.17, 15) is 9.90 Å². The van der Waals surface area contributed by atoms with E-state index in [2.05, 4.69) is 33.9 Å². The van der Waals surface area contributed by atoms with Crippen LogP contribution in [0.15, 0.2) is 11.6 Å². The largest absolute Gasteiger partial charge is 0.410 e. The van der Waals surface area contributed by atoms with E-state index in [1.807, 2.05) is 6.92 Å². The van der Waals surface area contributed by atoms with Gasteiger partial charge in [0.1, 0.15) is 0 Å². The Balaban J connectivity index is 2.77. The summed E-state index contributed by atoms with van der Waals surface area (Å²) in [5, 5.41) is 9.91. The molecule has 0 saturated heterocycles. The van der Waals surface area contributed by atoms with Crippen molar-refractivity contribution in [3.8, 4) is 0 Å². The lowest BCUT2D eigenvalue weighted by Crippen LogP contribution is -2.44. The number of hydrogen-bond acceptors (Lipinski definition) is 3. The first-order valence-corrected chi connectivity index (χ1v) is 9.05. The van der Waals surface area contributed by atoms with Crippen molar-refractivity contribution >= 4 is 14.1 Å². The van der Waals surface area contributed by atoms with Crippen LogP contribution in [-0.4, -0.2) is 31.4 Å². The van der Waals surface area contributed by atoms with Crippen LogP contribution in [0, 0.1) is 0 Å². The summed E-state index contributed by atoms with van der Waals surface area (Å²) in [6.07, 6.45) is 0.933. The quantitative estimate of drug-likeness (QED) is 0.790. The molecule has 0 heterocycles. The van der Waals surface area contributed by atoms with E-state index >= 15 is 0 Å². The number of allylic oxidation sites excluding steroid dienone is 1. The zero-order valence-electron chi connectivity index (χ0n) is 11.7. The fourth-order valence-corrected chi connectivity index (χ4v) is 3.10. The Labute approximate surface area is 105 Å². The van der Waals surface area contributed by atoms with Crippen molar-refractivity contribution in [2.24, 2.45) is 0 Å². The van der Waals surface area contributed by atoms with Crippen molar-refractivity contribution in [1.29, 1.82) is 0 Å². The number of aliphatic hydroxyl groups excluding tert-OH is 1. The minimum atomic E-state index is -1.85. The van der Waals surface area contributed by atoms with Gasteiger partial charge < -0.3 is 9.53 Å². The summed E-state index contributed by atoms with van der Waals surface area (Å²) in [6.45, 7) is 12.8. The second-order valence-corrected chi connectivity index (χ2v) is 11.1. The summed E-state index contributed by atoms with van der Waals surface area (Å²) in [5.74, 6) is -0.00168. The normalized spacial score (nSPS) is 23.8. The topological polar surface area (TPSA) is 46.5 Å². The molecule has 0 aromatic rings. The Kier molecular flexibility index (Phi) is 4.01. The molecule has 1 aliphatic rings. The van der Waals surface area contributed by atoms with E-state index < -0.39 is 14.4 Å². The Morgan fingerprint density at radius 1 is 1.47 bits per heavy atom. The van der Waals surface area contributed by atoms with Crippen molar-refractivity contribution in [2.45, 2.75) is 64.5 Å². The molecule has 0 aromatic carbocycles. The highest BCUT2D eigenvalue weighted by Gasteiger charge is 2.40. The van der Waals surface area contributed by atoms with Gasteiger partial charge in [-0.05, 0) is 36.7 Å². The van der Waals surface area contributed by atoms with Crippen molar-refractivity contribution in [3.63, 3.8) is 0 Å². The van der Waals surface area contributed by atoms with Gasteiger partial charge in [0.2, 0.25) is 0 Å². The standard InChI is InChI=1S/C13H24O3Si/c1-9(11-7-10(14)8-12(11)15)16-17(5,6)13(2,3)4/h7,9,12,15H,8H2,1-6H3/t9-,12+/m0/s1. The van der Waals surface area contributed by atoms with E-state index in [1.54, 1.807) is 6.08 Å². The number of ketones is 1. The zero-order valence-corrected chi connectivity index (χ0v) is 12.7. The minimum Gasteiger partial charge on any atom is -0.410 e. The Morgan fingerprint density at radius 2 is 2.00 bits per heavy atom. The lowest BCUT2D eigenvalue weighted by Gasteiger charge is -2.39. The first-order chi connectivity index (χ1) is 7.54. The van der Waals surface area contributed by atoms with Crippen LogP contribution in [0.3, 0.4) is 0 Å². The molecule has 0 bridgehead atoms. The predicted octanol–water partition coefficient (Wildman–Crippen LogP) is 2.66. The fourth-order valence-electron chi connectivity index (χ4n) is 1.72. The summed E-state index contributed by atoms with van der Waals surface area (Å²) in [5.41, 5.74) is 0.736. The Bertz CT molecular complexity index is 339. The molecule has 4 heteroatoms. The number of carbonyl (C=O) groups is 1. The van der Waals surface area contributed by atoms with E-state index in [1.165, 1.54) is 0 Å². The van der Waals surface area contributed by atoms with Gasteiger partial charge in [-0.15, -0.1) is 0 Å². The number of hydrogen-bond donors (Lipinski definition) is 1. The van der Waals surface area contributed by atoms with Crippen LogP contribution in [0.1, 0.15) is 34.1 Å². The summed E-state index contributed by atoms with van der Waals surface area (Å²) in [4.78, 5) is 11.3. The molecule has 0 saturated carbocycles. The number of carbonyl (C=O) groups excluding carboxylic acids is 1. The van der Waals surface area contributed by atoms with Gasteiger partial charge in [0.25, 0.3) is 0 Å². The maximum Gasteiger partial charge on any atom is 0.192 e. The molecule has 98 valence electrons. The van der Waals surface area contributed by atoms with Gasteiger partial charge in [-0.1, -0.05) is 20.8 Å². The third-order valence-corrected chi connectivity index (χ3v) is 8.41. The van der Waals surface area contributed by atoms with E-state index in [0.717, 1.165) is 5.57 Å². The molecule has 0 amide bonds. The van der Waals surface area contributed by atoms with Crippen LogP contribution in [0.5, 0.6) is 0 Å². The van der Waals surface area contributed by atoms with Gasteiger partial charge in [0.15, 0.2) is 14.1 Å². The molecule has 0 aliphatic heterocycles. The van der Waals surface area contributed by atoms with E-state index in [-0.39, 0.29) is 23.3 Å².